The van der Waals surface area contributed by atoms with E-state index in [2.05, 4.69) is 19.5 Å². The molecule has 0 saturated heterocycles. The highest BCUT2D eigenvalue weighted by molar-refractivity contribution is 7.89. The Morgan fingerprint density at radius 3 is 1.97 bits per heavy atom. The van der Waals surface area contributed by atoms with Crippen molar-refractivity contribution in [3.05, 3.63) is 59.7 Å². The standard InChI is InChI=1S/C21H22N2O9S/c1-13(23-33(28,29)17-7-5-4-6-8-17)19(25)32-12-18(24)22-16-10-14(20(26)30-2)9-15(11-16)21(27)31-3/h4-11,13,23H,12H2,1-3H3,(H,22,24)/t13-/m0/s1. The number of carbonyl (C=O) groups excluding carboxylic acids is 4. The van der Waals surface area contributed by atoms with E-state index in [1.165, 1.54) is 49.4 Å². The van der Waals surface area contributed by atoms with Crippen molar-refractivity contribution in [3.8, 4) is 0 Å². The van der Waals surface area contributed by atoms with Gasteiger partial charge < -0.3 is 19.5 Å². The minimum atomic E-state index is -3.96. The average Bonchev–Trinajstić information content (AvgIpc) is 2.81. The Hall–Kier alpha value is -3.77. The van der Waals surface area contributed by atoms with Crippen molar-refractivity contribution in [1.82, 2.24) is 4.72 Å². The van der Waals surface area contributed by atoms with Gasteiger partial charge in [-0.2, -0.15) is 4.72 Å². The lowest BCUT2D eigenvalue weighted by Crippen LogP contribution is -2.40. The van der Waals surface area contributed by atoms with Gasteiger partial charge in [0.25, 0.3) is 5.91 Å². The first-order chi connectivity index (χ1) is 15.6. The van der Waals surface area contributed by atoms with Gasteiger partial charge in [-0.1, -0.05) is 18.2 Å². The van der Waals surface area contributed by atoms with Crippen molar-refractivity contribution < 1.29 is 41.8 Å². The number of amides is 1. The number of carbonyl (C=O) groups is 4. The third-order valence-electron chi connectivity index (χ3n) is 4.14. The van der Waals surface area contributed by atoms with E-state index in [1.54, 1.807) is 6.07 Å². The largest absolute Gasteiger partial charge is 0.465 e. The summed E-state index contributed by atoms with van der Waals surface area (Å²) in [6, 6.07) is 9.90. The van der Waals surface area contributed by atoms with Crippen LogP contribution in [0.5, 0.6) is 0 Å². The van der Waals surface area contributed by atoms with Crippen LogP contribution in [0.3, 0.4) is 0 Å². The van der Waals surface area contributed by atoms with Crippen molar-refractivity contribution in [1.29, 1.82) is 0 Å². The number of nitrogens with one attached hydrogen (secondary N) is 2. The Morgan fingerprint density at radius 2 is 1.45 bits per heavy atom. The number of ether oxygens (including phenoxy) is 3. The lowest BCUT2D eigenvalue weighted by atomic mass is 10.1. The molecule has 11 nitrogen and oxygen atoms in total. The number of rotatable bonds is 9. The van der Waals surface area contributed by atoms with E-state index in [0.29, 0.717) is 0 Å². The lowest BCUT2D eigenvalue weighted by molar-refractivity contribution is -0.148. The predicted molar refractivity (Wildman–Crippen MR) is 115 cm³/mol. The maximum Gasteiger partial charge on any atom is 0.337 e. The van der Waals surface area contributed by atoms with Crippen LogP contribution in [0, 0.1) is 0 Å². The zero-order valence-corrected chi connectivity index (χ0v) is 18.8. The lowest BCUT2D eigenvalue weighted by Gasteiger charge is -2.14. The molecule has 0 aliphatic heterocycles. The van der Waals surface area contributed by atoms with E-state index in [1.807, 2.05) is 0 Å². The fraction of sp³-hybridized carbons (Fsp3) is 0.238. The van der Waals surface area contributed by atoms with Gasteiger partial charge in [0.1, 0.15) is 6.04 Å². The van der Waals surface area contributed by atoms with Gasteiger partial charge in [0.05, 0.1) is 30.2 Å². The zero-order chi connectivity index (χ0) is 24.6. The Labute approximate surface area is 190 Å². The summed E-state index contributed by atoms with van der Waals surface area (Å²) in [5.74, 6) is -3.27. The van der Waals surface area contributed by atoms with Gasteiger partial charge in [0.2, 0.25) is 10.0 Å². The molecule has 0 fully saturated rings. The summed E-state index contributed by atoms with van der Waals surface area (Å²) < 4.78 is 40.8. The molecule has 176 valence electrons. The molecule has 0 bridgehead atoms. The summed E-state index contributed by atoms with van der Waals surface area (Å²) >= 11 is 0. The van der Waals surface area contributed by atoms with Gasteiger partial charge in [-0.25, -0.2) is 18.0 Å². The van der Waals surface area contributed by atoms with Crippen LogP contribution in [0.1, 0.15) is 27.6 Å². The Morgan fingerprint density at radius 1 is 0.909 bits per heavy atom. The molecular weight excluding hydrogens is 456 g/mol. The highest BCUT2D eigenvalue weighted by Crippen LogP contribution is 2.17. The molecule has 2 aromatic carbocycles. The monoisotopic (exact) mass is 478 g/mol. The SMILES string of the molecule is COC(=O)c1cc(NC(=O)COC(=O)[C@H](C)NS(=O)(=O)c2ccccc2)cc(C(=O)OC)c1. The van der Waals surface area contributed by atoms with Crippen LogP contribution < -0.4 is 10.0 Å². The molecule has 0 radical (unpaired) electrons. The molecule has 0 heterocycles. The van der Waals surface area contributed by atoms with Crippen LogP contribution in [0.15, 0.2) is 53.4 Å². The second-order valence-corrected chi connectivity index (χ2v) is 8.31. The number of methoxy groups -OCH3 is 2. The van der Waals surface area contributed by atoms with E-state index in [4.69, 9.17) is 4.74 Å². The zero-order valence-electron chi connectivity index (χ0n) is 18.0. The Bertz CT molecular complexity index is 1110. The maximum atomic E-state index is 12.3. The molecule has 1 atom stereocenters. The summed E-state index contributed by atoms with van der Waals surface area (Å²) in [6.07, 6.45) is 0. The Kier molecular flexibility index (Phi) is 8.65. The highest BCUT2D eigenvalue weighted by Gasteiger charge is 2.23. The van der Waals surface area contributed by atoms with E-state index < -0.39 is 46.5 Å². The average molecular weight is 478 g/mol. The van der Waals surface area contributed by atoms with Crippen molar-refractivity contribution in [2.45, 2.75) is 17.9 Å². The molecule has 2 N–H and O–H groups in total. The number of anilines is 1. The van der Waals surface area contributed by atoms with Crippen molar-refractivity contribution in [3.63, 3.8) is 0 Å². The third kappa shape index (κ3) is 7.12. The molecule has 0 unspecified atom stereocenters. The van der Waals surface area contributed by atoms with Crippen molar-refractivity contribution in [2.24, 2.45) is 0 Å². The maximum absolute atomic E-state index is 12.3. The smallest absolute Gasteiger partial charge is 0.337 e. The molecule has 0 saturated carbocycles. The normalized spacial score (nSPS) is 11.7. The number of esters is 3. The second kappa shape index (κ2) is 11.2. The fourth-order valence-corrected chi connectivity index (χ4v) is 3.79. The van der Waals surface area contributed by atoms with Crippen LogP contribution in [-0.4, -0.2) is 59.1 Å². The van der Waals surface area contributed by atoms with E-state index in [0.717, 1.165) is 14.2 Å². The molecule has 2 aromatic rings. The predicted octanol–water partition coefficient (Wildman–Crippen LogP) is 1.11. The summed E-state index contributed by atoms with van der Waals surface area (Å²) in [4.78, 5) is 47.9. The number of hydrogen-bond acceptors (Lipinski definition) is 9. The van der Waals surface area contributed by atoms with E-state index >= 15 is 0 Å². The van der Waals surface area contributed by atoms with Crippen LogP contribution >= 0.6 is 0 Å². The quantitative estimate of drug-likeness (QED) is 0.398. The van der Waals surface area contributed by atoms with Crippen LogP contribution in [0.2, 0.25) is 0 Å². The van der Waals surface area contributed by atoms with E-state index in [-0.39, 0.29) is 21.7 Å². The molecule has 0 aliphatic carbocycles. The van der Waals surface area contributed by atoms with Gasteiger partial charge in [-0.3, -0.25) is 9.59 Å². The first-order valence-corrected chi connectivity index (χ1v) is 10.9. The molecule has 12 heteroatoms. The van der Waals surface area contributed by atoms with Gasteiger partial charge in [-0.05, 0) is 37.3 Å². The second-order valence-electron chi connectivity index (χ2n) is 6.59. The third-order valence-corrected chi connectivity index (χ3v) is 5.70. The van der Waals surface area contributed by atoms with Gasteiger partial charge in [-0.15, -0.1) is 0 Å². The number of sulfonamides is 1. The van der Waals surface area contributed by atoms with Crippen LogP contribution in [0.4, 0.5) is 5.69 Å². The first kappa shape index (κ1) is 25.5. The van der Waals surface area contributed by atoms with Crippen molar-refractivity contribution in [2.75, 3.05) is 26.1 Å². The molecule has 2 rings (SSSR count). The summed E-state index contributed by atoms with van der Waals surface area (Å²) in [7, 11) is -1.66. The summed E-state index contributed by atoms with van der Waals surface area (Å²) in [6.45, 7) is 0.523. The van der Waals surface area contributed by atoms with Crippen molar-refractivity contribution >= 4 is 39.5 Å². The summed E-state index contributed by atoms with van der Waals surface area (Å²) in [5, 5.41) is 2.38. The molecular formula is C21H22N2O9S. The molecule has 1 amide bonds. The highest BCUT2D eigenvalue weighted by atomic mass is 32.2. The number of hydrogen-bond donors (Lipinski definition) is 2. The van der Waals surface area contributed by atoms with Gasteiger partial charge >= 0.3 is 17.9 Å². The van der Waals surface area contributed by atoms with Gasteiger partial charge in [0.15, 0.2) is 6.61 Å². The Balaban J connectivity index is 2.01. The topological polar surface area (TPSA) is 154 Å². The molecule has 0 spiro atoms. The minimum absolute atomic E-state index is 0.0170. The minimum Gasteiger partial charge on any atom is -0.465 e. The number of benzene rings is 2. The van der Waals surface area contributed by atoms with Crippen LogP contribution in [-0.2, 0) is 33.8 Å². The van der Waals surface area contributed by atoms with E-state index in [9.17, 15) is 27.6 Å². The first-order valence-electron chi connectivity index (χ1n) is 9.43. The van der Waals surface area contributed by atoms with Crippen LogP contribution in [0.25, 0.3) is 0 Å². The fourth-order valence-electron chi connectivity index (χ4n) is 2.58. The molecule has 0 aromatic heterocycles. The summed E-state index contributed by atoms with van der Waals surface area (Å²) in [5.41, 5.74) is 0.0189. The molecule has 0 aliphatic rings. The van der Waals surface area contributed by atoms with Gasteiger partial charge in [0, 0.05) is 5.69 Å². The molecule has 33 heavy (non-hydrogen) atoms.